The van der Waals surface area contributed by atoms with Gasteiger partial charge < -0.3 is 4.74 Å². The highest BCUT2D eigenvalue weighted by Gasteiger charge is 2.22. The van der Waals surface area contributed by atoms with Crippen molar-refractivity contribution >= 4 is 0 Å². The Kier molecular flexibility index (Phi) is 2.93. The van der Waals surface area contributed by atoms with Crippen LogP contribution in [0.1, 0.15) is 18.2 Å². The maximum Gasteiger partial charge on any atom is 0.199 e. The molecule has 0 aliphatic carbocycles. The Morgan fingerprint density at radius 1 is 1.19 bits per heavy atom. The maximum atomic E-state index is 5.37. The third-order valence-electron chi connectivity index (χ3n) is 3.47. The van der Waals surface area contributed by atoms with Gasteiger partial charge >= 0.3 is 0 Å². The van der Waals surface area contributed by atoms with E-state index in [1.165, 1.54) is 0 Å². The van der Waals surface area contributed by atoms with E-state index in [-0.39, 0.29) is 0 Å². The zero-order valence-electron chi connectivity index (χ0n) is 11.2. The average Bonchev–Trinajstić information content (AvgIpc) is 3.26. The topological polar surface area (TPSA) is 94.4 Å². The zero-order valence-corrected chi connectivity index (χ0v) is 11.2. The Morgan fingerprint density at radius 3 is 2.90 bits per heavy atom. The minimum atomic E-state index is 0.298. The molecule has 0 spiro atoms. The molecule has 106 valence electrons. The summed E-state index contributed by atoms with van der Waals surface area (Å²) in [4.78, 5) is 9.07. The van der Waals surface area contributed by atoms with Gasteiger partial charge in [-0.2, -0.15) is 5.10 Å². The average molecular weight is 283 g/mol. The first-order valence-electron chi connectivity index (χ1n) is 6.72. The summed E-state index contributed by atoms with van der Waals surface area (Å²) in [5, 5.41) is 14.8. The van der Waals surface area contributed by atoms with Gasteiger partial charge in [0.25, 0.3) is 0 Å². The molecule has 4 rings (SSSR count). The lowest BCUT2D eigenvalue weighted by Gasteiger charge is -2.02. The molecule has 1 aliphatic rings. The first kappa shape index (κ1) is 12.2. The van der Waals surface area contributed by atoms with Crippen molar-refractivity contribution in [3.05, 3.63) is 36.7 Å². The van der Waals surface area contributed by atoms with E-state index >= 15 is 0 Å². The van der Waals surface area contributed by atoms with Gasteiger partial charge in [0.05, 0.1) is 6.61 Å². The molecule has 3 aromatic rings. The van der Waals surface area contributed by atoms with Crippen LogP contribution in [-0.2, 0) is 4.74 Å². The Bertz CT molecular complexity index is 731. The first-order valence-corrected chi connectivity index (χ1v) is 6.72. The highest BCUT2D eigenvalue weighted by Crippen LogP contribution is 2.23. The second-order valence-corrected chi connectivity index (χ2v) is 4.85. The quantitative estimate of drug-likeness (QED) is 0.769. The zero-order chi connectivity index (χ0) is 14.1. The van der Waals surface area contributed by atoms with Gasteiger partial charge in [-0.15, -0.1) is 10.2 Å². The molecular formula is C13H13N7O. The molecule has 3 aromatic heterocycles. The molecule has 21 heavy (non-hydrogen) atoms. The molecule has 1 fully saturated rings. The summed E-state index contributed by atoms with van der Waals surface area (Å²) < 4.78 is 7.11. The number of pyridine rings is 1. The Morgan fingerprint density at radius 2 is 2.10 bits per heavy atom. The number of hydrogen-bond acceptors (Lipinski definition) is 6. The predicted octanol–water partition coefficient (Wildman–Crippen LogP) is 0.951. The van der Waals surface area contributed by atoms with Crippen molar-refractivity contribution < 1.29 is 4.74 Å². The summed E-state index contributed by atoms with van der Waals surface area (Å²) >= 11 is 0. The van der Waals surface area contributed by atoms with Gasteiger partial charge in [0, 0.05) is 12.5 Å². The Hall–Kier alpha value is -2.61. The minimum Gasteiger partial charge on any atom is -0.381 e. The van der Waals surface area contributed by atoms with Crippen LogP contribution in [0.15, 0.2) is 30.9 Å². The fourth-order valence-electron chi connectivity index (χ4n) is 2.33. The molecule has 1 aliphatic heterocycles. The van der Waals surface area contributed by atoms with E-state index in [0.29, 0.717) is 24.0 Å². The number of aromatic nitrogens is 7. The van der Waals surface area contributed by atoms with Gasteiger partial charge in [-0.3, -0.25) is 9.67 Å². The first-order chi connectivity index (χ1) is 10.4. The molecule has 0 saturated carbocycles. The Balaban J connectivity index is 1.65. The number of hydrogen-bond donors (Lipinski definition) is 1. The van der Waals surface area contributed by atoms with Crippen LogP contribution in [0.2, 0.25) is 0 Å². The predicted molar refractivity (Wildman–Crippen MR) is 72.7 cm³/mol. The highest BCUT2D eigenvalue weighted by atomic mass is 16.5. The van der Waals surface area contributed by atoms with E-state index in [4.69, 9.17) is 4.74 Å². The van der Waals surface area contributed by atoms with Gasteiger partial charge in [0.15, 0.2) is 5.82 Å². The second kappa shape index (κ2) is 5.06. The largest absolute Gasteiger partial charge is 0.381 e. The summed E-state index contributed by atoms with van der Waals surface area (Å²) in [5.74, 6) is 2.48. The van der Waals surface area contributed by atoms with Crippen LogP contribution in [0.3, 0.4) is 0 Å². The van der Waals surface area contributed by atoms with Gasteiger partial charge in [0.2, 0.25) is 0 Å². The molecular weight excluding hydrogens is 270 g/mol. The molecule has 0 bridgehead atoms. The van der Waals surface area contributed by atoms with Crippen molar-refractivity contribution in [3.63, 3.8) is 0 Å². The molecule has 0 aromatic carbocycles. The second-order valence-electron chi connectivity index (χ2n) is 4.85. The molecule has 1 saturated heterocycles. The van der Waals surface area contributed by atoms with E-state index in [9.17, 15) is 0 Å². The van der Waals surface area contributed by atoms with Gasteiger partial charge in [-0.05, 0) is 18.6 Å². The molecule has 8 nitrogen and oxygen atoms in total. The molecule has 0 radical (unpaired) electrons. The lowest BCUT2D eigenvalue weighted by molar-refractivity contribution is 0.193. The summed E-state index contributed by atoms with van der Waals surface area (Å²) in [6.45, 7) is 1.48. The molecule has 0 amide bonds. The lowest BCUT2D eigenvalue weighted by Crippen LogP contribution is -2.00. The number of H-pyrrole nitrogens is 1. The number of nitrogens with zero attached hydrogens (tertiary/aromatic N) is 6. The van der Waals surface area contributed by atoms with Crippen LogP contribution in [0.25, 0.3) is 17.3 Å². The van der Waals surface area contributed by atoms with E-state index in [0.717, 1.165) is 24.7 Å². The summed E-state index contributed by atoms with van der Waals surface area (Å²) in [6, 6.07) is 5.67. The fourth-order valence-corrected chi connectivity index (χ4v) is 2.33. The molecule has 0 unspecified atom stereocenters. The summed E-state index contributed by atoms with van der Waals surface area (Å²) in [5.41, 5.74) is 0.711. The Labute approximate surface area is 120 Å². The SMILES string of the molecule is c1cc(-c2n[nH]c([C@@H]3CCOC3)n2)nc(-n2cnnc2)c1. The third kappa shape index (κ3) is 2.29. The number of nitrogens with one attached hydrogen (secondary N) is 1. The van der Waals surface area contributed by atoms with Crippen LogP contribution >= 0.6 is 0 Å². The minimum absolute atomic E-state index is 0.298. The van der Waals surface area contributed by atoms with Gasteiger partial charge in [-0.1, -0.05) is 6.07 Å². The van der Waals surface area contributed by atoms with E-state index < -0.39 is 0 Å². The van der Waals surface area contributed by atoms with Crippen LogP contribution in [-0.4, -0.2) is 48.1 Å². The van der Waals surface area contributed by atoms with E-state index in [1.807, 2.05) is 18.2 Å². The molecule has 1 N–H and O–H groups in total. The van der Waals surface area contributed by atoms with Crippen molar-refractivity contribution in [1.82, 2.24) is 34.9 Å². The smallest absolute Gasteiger partial charge is 0.199 e. The van der Waals surface area contributed by atoms with Crippen LogP contribution < -0.4 is 0 Å². The number of ether oxygens (including phenoxy) is 1. The van der Waals surface area contributed by atoms with Crippen molar-refractivity contribution in [3.8, 4) is 17.3 Å². The monoisotopic (exact) mass is 283 g/mol. The van der Waals surface area contributed by atoms with Crippen molar-refractivity contribution in [2.24, 2.45) is 0 Å². The van der Waals surface area contributed by atoms with Crippen molar-refractivity contribution in [1.29, 1.82) is 0 Å². The van der Waals surface area contributed by atoms with E-state index in [2.05, 4.69) is 30.4 Å². The van der Waals surface area contributed by atoms with Crippen LogP contribution in [0.5, 0.6) is 0 Å². The molecule has 4 heterocycles. The summed E-state index contributed by atoms with van der Waals surface area (Å²) in [6.07, 6.45) is 4.18. The molecule has 1 atom stereocenters. The lowest BCUT2D eigenvalue weighted by atomic mass is 10.1. The van der Waals surface area contributed by atoms with E-state index in [1.54, 1.807) is 17.2 Å². The molecule has 8 heteroatoms. The van der Waals surface area contributed by atoms with Crippen molar-refractivity contribution in [2.45, 2.75) is 12.3 Å². The van der Waals surface area contributed by atoms with Gasteiger partial charge in [0.1, 0.15) is 30.0 Å². The normalized spacial score (nSPS) is 18.2. The van der Waals surface area contributed by atoms with Crippen molar-refractivity contribution in [2.75, 3.05) is 13.2 Å². The third-order valence-corrected chi connectivity index (χ3v) is 3.47. The number of aromatic amines is 1. The standard InChI is InChI=1S/C13H13N7O/c1-2-10(16-11(3-1)20-7-14-15-8-20)13-17-12(18-19-13)9-4-5-21-6-9/h1-3,7-9H,4-6H2,(H,17,18,19)/t9-/m1/s1. The summed E-state index contributed by atoms with van der Waals surface area (Å²) in [7, 11) is 0. The highest BCUT2D eigenvalue weighted by molar-refractivity contribution is 5.50. The van der Waals surface area contributed by atoms with Crippen LogP contribution in [0, 0.1) is 0 Å². The maximum absolute atomic E-state index is 5.37. The van der Waals surface area contributed by atoms with Gasteiger partial charge in [-0.25, -0.2) is 9.97 Å². The number of rotatable bonds is 3. The van der Waals surface area contributed by atoms with Crippen LogP contribution in [0.4, 0.5) is 0 Å². The fraction of sp³-hybridized carbons (Fsp3) is 0.308.